The molecule has 2 N–H and O–H groups in total. The molecule has 7 heteroatoms. The van der Waals surface area contributed by atoms with Gasteiger partial charge in [-0.1, -0.05) is 43.3 Å². The largest absolute Gasteiger partial charge is 0.352 e. The first-order valence-corrected chi connectivity index (χ1v) is 14.8. The molecule has 3 aromatic carbocycles. The van der Waals surface area contributed by atoms with Crippen molar-refractivity contribution in [2.75, 3.05) is 6.54 Å². The number of carbonyl (C=O) groups is 4. The molecule has 3 heterocycles. The van der Waals surface area contributed by atoms with Crippen LogP contribution < -0.4 is 0 Å². The van der Waals surface area contributed by atoms with Gasteiger partial charge in [0.05, 0.1) is 5.69 Å². The number of hydrogen-bond acceptors (Lipinski definition) is 4. The summed E-state index contributed by atoms with van der Waals surface area (Å²) in [5.41, 5.74) is 6.85. The number of likely N-dealkylation sites (tertiary alicyclic amines) is 1. The average Bonchev–Trinajstić information content (AvgIpc) is 3.30. The monoisotopic (exact) mass is 567 g/mol. The Morgan fingerprint density at radius 3 is 2.28 bits per heavy atom. The van der Waals surface area contributed by atoms with Gasteiger partial charge in [-0.25, -0.2) is 0 Å². The van der Waals surface area contributed by atoms with Crippen LogP contribution >= 0.6 is 0 Å². The Balaban J connectivity index is 1.02. The molecular formula is C36H29N3O4. The molecule has 1 saturated heterocycles. The SMILES string of the molecule is CCC(=O)Cc1ccc2[nH]c(C(=O)Cc3ccc4[nH]c(C(=O)N5CC6CC67C5=CC(=O)c5ccccc57)cc4c3)cc2c1. The van der Waals surface area contributed by atoms with Gasteiger partial charge in [0.2, 0.25) is 0 Å². The molecule has 2 fully saturated rings. The minimum Gasteiger partial charge on any atom is -0.352 e. The van der Waals surface area contributed by atoms with E-state index in [1.54, 1.807) is 11.0 Å². The summed E-state index contributed by atoms with van der Waals surface area (Å²) in [6.07, 6.45) is 3.74. The summed E-state index contributed by atoms with van der Waals surface area (Å²) in [6, 6.07) is 23.0. The van der Waals surface area contributed by atoms with Crippen LogP contribution in [0.2, 0.25) is 0 Å². The summed E-state index contributed by atoms with van der Waals surface area (Å²) in [7, 11) is 0. The maximum absolute atomic E-state index is 13.8. The predicted octanol–water partition coefficient (Wildman–Crippen LogP) is 6.09. The smallest absolute Gasteiger partial charge is 0.274 e. The number of nitrogens with zero attached hydrogens (tertiary/aromatic N) is 1. The quantitative estimate of drug-likeness (QED) is 0.232. The number of allylic oxidation sites excluding steroid dienone is 2. The van der Waals surface area contributed by atoms with Crippen molar-refractivity contribution in [1.29, 1.82) is 0 Å². The Kier molecular flexibility index (Phi) is 5.51. The number of aromatic nitrogens is 2. The van der Waals surface area contributed by atoms with Gasteiger partial charge in [-0.05, 0) is 65.4 Å². The van der Waals surface area contributed by atoms with E-state index in [4.69, 9.17) is 0 Å². The molecule has 0 bridgehead atoms. The normalized spacial score (nSPS) is 20.1. The fourth-order valence-corrected chi connectivity index (χ4v) is 7.21. The van der Waals surface area contributed by atoms with Gasteiger partial charge in [0, 0.05) is 70.4 Å². The van der Waals surface area contributed by atoms with Crippen LogP contribution in [0.4, 0.5) is 0 Å². The lowest BCUT2D eigenvalue weighted by Crippen LogP contribution is -2.33. The van der Waals surface area contributed by atoms with E-state index in [1.165, 1.54) is 0 Å². The molecule has 2 aromatic heterocycles. The summed E-state index contributed by atoms with van der Waals surface area (Å²) in [4.78, 5) is 60.0. The minimum atomic E-state index is -0.225. The first-order valence-electron chi connectivity index (χ1n) is 14.8. The van der Waals surface area contributed by atoms with Crippen molar-refractivity contribution in [2.24, 2.45) is 5.92 Å². The van der Waals surface area contributed by atoms with E-state index < -0.39 is 0 Å². The van der Waals surface area contributed by atoms with E-state index in [0.717, 1.165) is 56.2 Å². The molecule has 3 aliphatic rings. The predicted molar refractivity (Wildman–Crippen MR) is 163 cm³/mol. The third kappa shape index (κ3) is 3.95. The van der Waals surface area contributed by atoms with Crippen LogP contribution in [0.25, 0.3) is 21.8 Å². The van der Waals surface area contributed by atoms with E-state index in [1.807, 2.05) is 79.7 Å². The first kappa shape index (κ1) is 25.7. The highest BCUT2D eigenvalue weighted by Crippen LogP contribution is 2.66. The Bertz CT molecular complexity index is 2080. The van der Waals surface area contributed by atoms with Crippen LogP contribution in [0.1, 0.15) is 67.8 Å². The number of ketones is 3. The fourth-order valence-electron chi connectivity index (χ4n) is 7.21. The maximum Gasteiger partial charge on any atom is 0.274 e. The van der Waals surface area contributed by atoms with E-state index in [-0.39, 0.29) is 35.1 Å². The second-order valence-electron chi connectivity index (χ2n) is 12.1. The first-order chi connectivity index (χ1) is 20.8. The van der Waals surface area contributed by atoms with Crippen LogP contribution in [0.15, 0.2) is 84.6 Å². The molecular weight excluding hydrogens is 538 g/mol. The van der Waals surface area contributed by atoms with E-state index in [0.29, 0.717) is 36.7 Å². The van der Waals surface area contributed by atoms with Crippen molar-refractivity contribution >= 4 is 45.1 Å². The van der Waals surface area contributed by atoms with E-state index in [2.05, 4.69) is 9.97 Å². The molecule has 5 aromatic rings. The zero-order chi connectivity index (χ0) is 29.5. The second-order valence-corrected chi connectivity index (χ2v) is 12.1. The number of nitrogens with one attached hydrogen (secondary N) is 2. The Morgan fingerprint density at radius 2 is 1.53 bits per heavy atom. The lowest BCUT2D eigenvalue weighted by atomic mass is 9.81. The Hall–Kier alpha value is -5.04. The third-order valence-electron chi connectivity index (χ3n) is 9.50. The van der Waals surface area contributed by atoms with E-state index >= 15 is 0 Å². The van der Waals surface area contributed by atoms with Crippen molar-refractivity contribution in [3.8, 4) is 0 Å². The molecule has 0 radical (unpaired) electrons. The van der Waals surface area contributed by atoms with E-state index in [9.17, 15) is 19.2 Å². The van der Waals surface area contributed by atoms with Gasteiger partial charge in [0.1, 0.15) is 11.5 Å². The number of fused-ring (bicyclic) bond motifs is 3. The number of piperidine rings is 1. The zero-order valence-electron chi connectivity index (χ0n) is 23.7. The van der Waals surface area contributed by atoms with Gasteiger partial charge in [-0.15, -0.1) is 0 Å². The Morgan fingerprint density at radius 1 is 0.860 bits per heavy atom. The van der Waals surface area contributed by atoms with Gasteiger partial charge in [0.25, 0.3) is 5.91 Å². The zero-order valence-corrected chi connectivity index (χ0v) is 23.7. The molecule has 1 amide bonds. The molecule has 1 aliphatic heterocycles. The second kappa shape index (κ2) is 9.23. The molecule has 43 heavy (non-hydrogen) atoms. The summed E-state index contributed by atoms with van der Waals surface area (Å²) in [6.45, 7) is 2.46. The van der Waals surface area contributed by atoms with Crippen LogP contribution in [-0.2, 0) is 23.1 Å². The van der Waals surface area contributed by atoms with Crippen LogP contribution in [0.3, 0.4) is 0 Å². The minimum absolute atomic E-state index is 0.0376. The molecule has 212 valence electrons. The number of carbonyl (C=O) groups excluding carboxylic acids is 4. The average molecular weight is 568 g/mol. The summed E-state index contributed by atoms with van der Waals surface area (Å²) in [5.74, 6) is 0.286. The number of H-pyrrole nitrogens is 2. The van der Waals surface area contributed by atoms with Crippen LogP contribution in [0.5, 0.6) is 0 Å². The third-order valence-corrected chi connectivity index (χ3v) is 9.50. The van der Waals surface area contributed by atoms with Crippen molar-refractivity contribution < 1.29 is 19.2 Å². The molecule has 2 aliphatic carbocycles. The van der Waals surface area contributed by atoms with Gasteiger partial charge >= 0.3 is 0 Å². The lowest BCUT2D eigenvalue weighted by molar-refractivity contribution is -0.118. The van der Waals surface area contributed by atoms with Gasteiger partial charge < -0.3 is 14.9 Å². The fraction of sp³-hybridized carbons (Fsp3) is 0.222. The van der Waals surface area contributed by atoms with Crippen LogP contribution in [-0.4, -0.2) is 44.7 Å². The number of Topliss-reactive ketones (excluding diaryl/α,β-unsaturated/α-hetero) is 2. The summed E-state index contributed by atoms with van der Waals surface area (Å²) in [5, 5.41) is 1.77. The molecule has 1 saturated carbocycles. The van der Waals surface area contributed by atoms with Crippen molar-refractivity contribution in [3.63, 3.8) is 0 Å². The molecule has 1 spiro atoms. The summed E-state index contributed by atoms with van der Waals surface area (Å²) < 4.78 is 0. The molecule has 8 rings (SSSR count). The summed E-state index contributed by atoms with van der Waals surface area (Å²) >= 11 is 0. The lowest BCUT2D eigenvalue weighted by Gasteiger charge is -2.29. The highest BCUT2D eigenvalue weighted by molar-refractivity contribution is 6.10. The highest BCUT2D eigenvalue weighted by Gasteiger charge is 2.67. The van der Waals surface area contributed by atoms with Gasteiger partial charge in [0.15, 0.2) is 11.6 Å². The van der Waals surface area contributed by atoms with Gasteiger partial charge in [-0.3, -0.25) is 19.2 Å². The Labute approximate surface area is 247 Å². The molecule has 2 atom stereocenters. The van der Waals surface area contributed by atoms with Crippen molar-refractivity contribution in [1.82, 2.24) is 14.9 Å². The van der Waals surface area contributed by atoms with Crippen LogP contribution in [0, 0.1) is 5.92 Å². The molecule has 7 nitrogen and oxygen atoms in total. The number of rotatable bonds is 7. The topological polar surface area (TPSA) is 103 Å². The number of amides is 1. The number of aromatic amines is 2. The maximum atomic E-state index is 13.8. The number of hydrogen-bond donors (Lipinski definition) is 2. The van der Waals surface area contributed by atoms with Gasteiger partial charge in [-0.2, -0.15) is 0 Å². The van der Waals surface area contributed by atoms with Crippen molar-refractivity contribution in [3.05, 3.63) is 118 Å². The molecule has 2 unspecified atom stereocenters. The standard InChI is InChI=1S/C36H29N3O4/c1-2-25(40)13-20-7-9-28-22(11-20)15-30(37-28)33(42)14-21-8-10-29-23(12-21)16-31(38-29)35(43)39-19-24-18-36(24)27-6-4-3-5-26(27)32(41)17-34(36)39/h3-12,15-17,24,37-38H,2,13-14,18-19H2,1H3. The van der Waals surface area contributed by atoms with Crippen molar-refractivity contribution in [2.45, 2.75) is 38.0 Å². The number of benzene rings is 3. The highest BCUT2D eigenvalue weighted by atomic mass is 16.2.